The summed E-state index contributed by atoms with van der Waals surface area (Å²) < 4.78 is 14.0. The number of hydrogen-bond acceptors (Lipinski definition) is 4. The van der Waals surface area contributed by atoms with E-state index in [-0.39, 0.29) is 24.1 Å². The number of nitrogens with zero attached hydrogens (tertiary/aromatic N) is 2. The van der Waals surface area contributed by atoms with Crippen LogP contribution in [-0.4, -0.2) is 35.4 Å². The number of rotatable bonds is 4. The number of hydrogen-bond donors (Lipinski definition) is 1. The van der Waals surface area contributed by atoms with Gasteiger partial charge in [-0.05, 0) is 19.4 Å². The Bertz CT molecular complexity index is 536. The Hall–Kier alpha value is -2.02. The fraction of sp³-hybridized carbons (Fsp3) is 0.462. The van der Waals surface area contributed by atoms with Gasteiger partial charge in [-0.25, -0.2) is 0 Å². The fourth-order valence-corrected chi connectivity index (χ4v) is 2.53. The molecule has 1 unspecified atom stereocenters. The normalized spacial score (nSPS) is 19.0. The van der Waals surface area contributed by atoms with Crippen LogP contribution < -0.4 is 5.32 Å². The summed E-state index contributed by atoms with van der Waals surface area (Å²) in [6.45, 7) is 0.881. The molecule has 1 fully saturated rings. The lowest BCUT2D eigenvalue weighted by molar-refractivity contribution is -0.387. The smallest absolute Gasteiger partial charge is 0.305 e. The minimum Gasteiger partial charge on any atom is -0.358 e. The molecular weight excluding hydrogens is 265 g/mol. The number of nitro benzene ring substituents is 1. The van der Waals surface area contributed by atoms with Crippen LogP contribution in [-0.2, 0) is 11.3 Å². The average Bonchev–Trinajstić information content (AvgIpc) is 2.88. The molecule has 6 nitrogen and oxygen atoms in total. The molecule has 1 aliphatic heterocycles. The van der Waals surface area contributed by atoms with Crippen molar-refractivity contribution in [1.29, 1.82) is 0 Å². The first-order valence-corrected chi connectivity index (χ1v) is 6.42. The molecule has 0 bridgehead atoms. The number of nitrogens with one attached hydrogen (secondary N) is 1. The lowest BCUT2D eigenvalue weighted by Crippen LogP contribution is -2.41. The van der Waals surface area contributed by atoms with Crippen LogP contribution in [0.1, 0.15) is 18.4 Å². The summed E-state index contributed by atoms with van der Waals surface area (Å²) in [5.74, 6) is -0.923. The highest BCUT2D eigenvalue weighted by Gasteiger charge is 2.31. The minimum absolute atomic E-state index is 0.103. The molecule has 1 saturated heterocycles. The van der Waals surface area contributed by atoms with Crippen LogP contribution in [0.15, 0.2) is 18.2 Å². The van der Waals surface area contributed by atoms with Gasteiger partial charge >= 0.3 is 5.69 Å². The molecule has 1 N–H and O–H groups in total. The number of likely N-dealkylation sites (N-methyl/N-ethyl adjacent to an activating group) is 1. The molecule has 108 valence electrons. The van der Waals surface area contributed by atoms with Crippen molar-refractivity contribution in [1.82, 2.24) is 10.2 Å². The third-order valence-electron chi connectivity index (χ3n) is 3.54. The van der Waals surface area contributed by atoms with Crippen LogP contribution in [0.2, 0.25) is 0 Å². The zero-order valence-electron chi connectivity index (χ0n) is 11.1. The standard InChI is InChI=1S/C13H16FN3O3/c1-15-13(18)11-6-3-7-16(11)8-9-4-2-5-10(12(9)14)17(19)20/h2,4-5,11H,3,6-8H2,1H3,(H,15,18). The first-order valence-electron chi connectivity index (χ1n) is 6.42. The van der Waals surface area contributed by atoms with E-state index in [4.69, 9.17) is 0 Å². The van der Waals surface area contributed by atoms with E-state index < -0.39 is 16.4 Å². The number of halogens is 1. The summed E-state index contributed by atoms with van der Waals surface area (Å²) in [5, 5.41) is 13.3. The molecule has 0 radical (unpaired) electrons. The van der Waals surface area contributed by atoms with Crippen molar-refractivity contribution in [3.63, 3.8) is 0 Å². The zero-order chi connectivity index (χ0) is 14.7. The van der Waals surface area contributed by atoms with Gasteiger partial charge in [0.25, 0.3) is 0 Å². The van der Waals surface area contributed by atoms with Crippen LogP contribution in [0.5, 0.6) is 0 Å². The number of carbonyl (C=O) groups is 1. The zero-order valence-corrected chi connectivity index (χ0v) is 11.1. The lowest BCUT2D eigenvalue weighted by Gasteiger charge is -2.23. The maximum absolute atomic E-state index is 14.0. The van der Waals surface area contributed by atoms with Crippen molar-refractivity contribution in [3.8, 4) is 0 Å². The van der Waals surface area contributed by atoms with Gasteiger partial charge in [-0.2, -0.15) is 4.39 Å². The highest BCUT2D eigenvalue weighted by Crippen LogP contribution is 2.25. The van der Waals surface area contributed by atoms with Crippen molar-refractivity contribution < 1.29 is 14.1 Å². The van der Waals surface area contributed by atoms with E-state index in [9.17, 15) is 19.3 Å². The van der Waals surface area contributed by atoms with E-state index in [2.05, 4.69) is 5.32 Å². The van der Waals surface area contributed by atoms with Gasteiger partial charge in [-0.3, -0.25) is 19.8 Å². The van der Waals surface area contributed by atoms with Gasteiger partial charge in [0.15, 0.2) is 0 Å². The molecule has 0 aromatic heterocycles. The van der Waals surface area contributed by atoms with Gasteiger partial charge in [-0.1, -0.05) is 12.1 Å². The Morgan fingerprint density at radius 2 is 2.35 bits per heavy atom. The third kappa shape index (κ3) is 2.77. The van der Waals surface area contributed by atoms with Crippen molar-refractivity contribution in [2.24, 2.45) is 0 Å². The van der Waals surface area contributed by atoms with E-state index in [0.29, 0.717) is 6.54 Å². The number of amides is 1. The topological polar surface area (TPSA) is 75.5 Å². The molecular formula is C13H16FN3O3. The van der Waals surface area contributed by atoms with Gasteiger partial charge in [-0.15, -0.1) is 0 Å². The van der Waals surface area contributed by atoms with E-state index in [1.54, 1.807) is 7.05 Å². The summed E-state index contributed by atoms with van der Waals surface area (Å²) in [6.07, 6.45) is 1.57. The maximum Gasteiger partial charge on any atom is 0.305 e. The van der Waals surface area contributed by atoms with Crippen molar-refractivity contribution >= 4 is 11.6 Å². The highest BCUT2D eigenvalue weighted by molar-refractivity contribution is 5.81. The molecule has 1 aromatic carbocycles. The predicted molar refractivity (Wildman–Crippen MR) is 70.6 cm³/mol. The highest BCUT2D eigenvalue weighted by atomic mass is 19.1. The van der Waals surface area contributed by atoms with Crippen molar-refractivity contribution in [2.75, 3.05) is 13.6 Å². The Labute approximate surface area is 115 Å². The minimum atomic E-state index is -0.819. The molecule has 7 heteroatoms. The third-order valence-corrected chi connectivity index (χ3v) is 3.54. The molecule has 1 amide bonds. The first kappa shape index (κ1) is 14.4. The second kappa shape index (κ2) is 5.96. The van der Waals surface area contributed by atoms with Crippen molar-refractivity contribution in [3.05, 3.63) is 39.7 Å². The number of likely N-dealkylation sites (tertiary alicyclic amines) is 1. The monoisotopic (exact) mass is 281 g/mol. The van der Waals surface area contributed by atoms with Crippen LogP contribution >= 0.6 is 0 Å². The van der Waals surface area contributed by atoms with Crippen LogP contribution in [0.4, 0.5) is 10.1 Å². The largest absolute Gasteiger partial charge is 0.358 e. The molecule has 0 spiro atoms. The van der Waals surface area contributed by atoms with Gasteiger partial charge in [0.05, 0.1) is 11.0 Å². The van der Waals surface area contributed by atoms with Gasteiger partial charge in [0.2, 0.25) is 11.7 Å². The van der Waals surface area contributed by atoms with Crippen LogP contribution in [0.3, 0.4) is 0 Å². The maximum atomic E-state index is 14.0. The Balaban J connectivity index is 2.20. The van der Waals surface area contributed by atoms with E-state index in [1.165, 1.54) is 12.1 Å². The molecule has 2 rings (SSSR count). The first-order chi connectivity index (χ1) is 9.54. The summed E-state index contributed by atoms with van der Waals surface area (Å²) in [5.41, 5.74) is -0.284. The molecule has 0 aliphatic carbocycles. The molecule has 1 heterocycles. The second-order valence-corrected chi connectivity index (χ2v) is 4.75. The van der Waals surface area contributed by atoms with E-state index in [1.807, 2.05) is 4.90 Å². The van der Waals surface area contributed by atoms with E-state index in [0.717, 1.165) is 18.9 Å². The molecule has 1 aromatic rings. The lowest BCUT2D eigenvalue weighted by atomic mass is 10.1. The summed E-state index contributed by atoms with van der Waals surface area (Å²) >= 11 is 0. The van der Waals surface area contributed by atoms with Gasteiger partial charge in [0, 0.05) is 25.2 Å². The second-order valence-electron chi connectivity index (χ2n) is 4.75. The Morgan fingerprint density at radius 1 is 1.60 bits per heavy atom. The predicted octanol–water partition coefficient (Wildman–Crippen LogP) is 1.44. The Morgan fingerprint density at radius 3 is 3.00 bits per heavy atom. The number of nitro groups is 1. The van der Waals surface area contributed by atoms with Gasteiger partial charge in [0.1, 0.15) is 0 Å². The average molecular weight is 281 g/mol. The molecule has 0 saturated carbocycles. The summed E-state index contributed by atoms with van der Waals surface area (Å²) in [4.78, 5) is 23.5. The molecule has 1 aliphatic rings. The van der Waals surface area contributed by atoms with Gasteiger partial charge < -0.3 is 5.32 Å². The molecule has 1 atom stereocenters. The SMILES string of the molecule is CNC(=O)C1CCCN1Cc1cccc([N+](=O)[O-])c1F. The van der Waals surface area contributed by atoms with Crippen LogP contribution in [0.25, 0.3) is 0 Å². The van der Waals surface area contributed by atoms with Crippen LogP contribution in [0, 0.1) is 15.9 Å². The summed E-state index contributed by atoms with van der Waals surface area (Å²) in [6, 6.07) is 3.82. The number of carbonyl (C=O) groups excluding carboxylic acids is 1. The summed E-state index contributed by atoms with van der Waals surface area (Å²) in [7, 11) is 1.56. The van der Waals surface area contributed by atoms with Crippen molar-refractivity contribution in [2.45, 2.75) is 25.4 Å². The fourth-order valence-electron chi connectivity index (χ4n) is 2.53. The Kier molecular flexibility index (Phi) is 4.29. The van der Waals surface area contributed by atoms with E-state index >= 15 is 0 Å². The molecule has 20 heavy (non-hydrogen) atoms. The number of benzene rings is 1. The quantitative estimate of drug-likeness (QED) is 0.669.